The van der Waals surface area contributed by atoms with Crippen LogP contribution in [-0.2, 0) is 0 Å². The number of hydrogen-bond donors (Lipinski definition) is 0. The van der Waals surface area contributed by atoms with Crippen LogP contribution < -0.4 is 0 Å². The van der Waals surface area contributed by atoms with Crippen LogP contribution in [0.3, 0.4) is 0 Å². The van der Waals surface area contributed by atoms with E-state index in [1.807, 2.05) is 66.7 Å². The molecule has 0 bridgehead atoms. The lowest BCUT2D eigenvalue weighted by Crippen LogP contribution is -1.98. The van der Waals surface area contributed by atoms with Crippen LogP contribution in [0.1, 0.15) is 16.7 Å². The molecule has 0 unspecified atom stereocenters. The van der Waals surface area contributed by atoms with Gasteiger partial charge in [0.2, 0.25) is 0 Å². The van der Waals surface area contributed by atoms with Crippen LogP contribution in [0.2, 0.25) is 0 Å². The van der Waals surface area contributed by atoms with E-state index in [9.17, 15) is 15.8 Å². The first kappa shape index (κ1) is 28.8. The first-order valence-electron chi connectivity index (χ1n) is 16.3. The summed E-state index contributed by atoms with van der Waals surface area (Å²) in [5.41, 5.74) is 12.1. The van der Waals surface area contributed by atoms with Crippen LogP contribution >= 0.6 is 0 Å². The number of para-hydroxylation sites is 2. The van der Waals surface area contributed by atoms with Gasteiger partial charge in [-0.25, -0.2) is 0 Å². The highest BCUT2D eigenvalue weighted by Gasteiger charge is 2.19. The Kier molecular flexibility index (Phi) is 6.56. The molecule has 0 atom stereocenters. The fourth-order valence-corrected chi connectivity index (χ4v) is 7.42. The highest BCUT2D eigenvalue weighted by molar-refractivity contribution is 6.12. The second-order valence-corrected chi connectivity index (χ2v) is 12.3. The maximum Gasteiger partial charge on any atom is 0.0992 e. The van der Waals surface area contributed by atoms with Crippen LogP contribution in [-0.4, -0.2) is 9.13 Å². The van der Waals surface area contributed by atoms with E-state index in [1.54, 1.807) is 0 Å². The SMILES string of the molecule is N#Cc1cccc(-n2c3ccc(C#N)cc3c3ccc(-c4ccccc4-c4ccccc4-n4c5ccccc5c5cc(C#N)ccc54)cc32)c1. The number of hydrogen-bond acceptors (Lipinski definition) is 3. The lowest BCUT2D eigenvalue weighted by atomic mass is 9.93. The molecular formula is C45H25N5. The third kappa shape index (κ3) is 4.38. The third-order valence-electron chi connectivity index (χ3n) is 9.60. The molecule has 9 aromatic rings. The molecule has 0 N–H and O–H groups in total. The monoisotopic (exact) mass is 635 g/mol. The van der Waals surface area contributed by atoms with E-state index in [0.717, 1.165) is 77.2 Å². The zero-order chi connectivity index (χ0) is 33.8. The largest absolute Gasteiger partial charge is 0.309 e. The zero-order valence-corrected chi connectivity index (χ0v) is 26.7. The molecule has 0 spiro atoms. The van der Waals surface area contributed by atoms with Crippen LogP contribution in [0.25, 0.3) is 77.2 Å². The molecule has 9 rings (SSSR count). The maximum atomic E-state index is 9.72. The predicted octanol–water partition coefficient (Wildman–Crippen LogP) is 10.8. The minimum absolute atomic E-state index is 0.582. The standard InChI is InChI=1S/C45H25N5/c46-26-29-8-7-9-33(22-29)49-43-20-16-30(27-47)24-40(43)38-19-18-32(25-45(38)49)34-10-1-2-11-35(34)36-12-3-5-14-41(36)50-42-15-6-4-13-37(42)39-23-31(28-48)17-21-44(39)50/h1-25H. The molecule has 0 radical (unpaired) electrons. The van der Waals surface area contributed by atoms with E-state index >= 15 is 0 Å². The number of fused-ring (bicyclic) bond motifs is 6. The number of aromatic nitrogens is 2. The van der Waals surface area contributed by atoms with E-state index in [0.29, 0.717) is 16.7 Å². The van der Waals surface area contributed by atoms with Crippen LogP contribution in [0, 0.1) is 34.0 Å². The van der Waals surface area contributed by atoms with Crippen molar-refractivity contribution >= 4 is 43.6 Å². The van der Waals surface area contributed by atoms with E-state index < -0.39 is 0 Å². The predicted molar refractivity (Wildman–Crippen MR) is 200 cm³/mol. The molecular weight excluding hydrogens is 611 g/mol. The normalized spacial score (nSPS) is 11.1. The molecule has 7 aromatic carbocycles. The van der Waals surface area contributed by atoms with Gasteiger partial charge in [0.1, 0.15) is 0 Å². The highest BCUT2D eigenvalue weighted by Crippen LogP contribution is 2.41. The molecule has 0 aliphatic carbocycles. The quantitative estimate of drug-likeness (QED) is 0.193. The summed E-state index contributed by atoms with van der Waals surface area (Å²) in [6, 6.07) is 58.0. The number of nitriles is 3. The molecule has 230 valence electrons. The lowest BCUT2D eigenvalue weighted by Gasteiger charge is -2.17. The summed E-state index contributed by atoms with van der Waals surface area (Å²) in [5, 5.41) is 33.3. The van der Waals surface area contributed by atoms with E-state index in [2.05, 4.69) is 112 Å². The van der Waals surface area contributed by atoms with Crippen molar-refractivity contribution in [1.82, 2.24) is 9.13 Å². The van der Waals surface area contributed by atoms with E-state index in [1.165, 1.54) is 0 Å². The summed E-state index contributed by atoms with van der Waals surface area (Å²) < 4.78 is 4.48. The van der Waals surface area contributed by atoms with Gasteiger partial charge in [0.05, 0.1) is 62.7 Å². The topological polar surface area (TPSA) is 81.2 Å². The van der Waals surface area contributed by atoms with Crippen molar-refractivity contribution in [2.24, 2.45) is 0 Å². The summed E-state index contributed by atoms with van der Waals surface area (Å²) in [6.45, 7) is 0. The van der Waals surface area contributed by atoms with Crippen molar-refractivity contribution in [1.29, 1.82) is 15.8 Å². The average molecular weight is 636 g/mol. The Bertz CT molecular complexity index is 2970. The van der Waals surface area contributed by atoms with Crippen molar-refractivity contribution in [2.75, 3.05) is 0 Å². The van der Waals surface area contributed by atoms with Gasteiger partial charge in [0.25, 0.3) is 0 Å². The van der Waals surface area contributed by atoms with E-state index in [4.69, 9.17) is 0 Å². The Hall–Kier alpha value is -7.39. The summed E-state index contributed by atoms with van der Waals surface area (Å²) in [4.78, 5) is 0. The van der Waals surface area contributed by atoms with Gasteiger partial charge in [-0.3, -0.25) is 0 Å². The molecule has 0 aliphatic rings. The molecule has 2 heterocycles. The van der Waals surface area contributed by atoms with Crippen LogP contribution in [0.4, 0.5) is 0 Å². The Balaban J connectivity index is 1.29. The van der Waals surface area contributed by atoms with Gasteiger partial charge in [-0.2, -0.15) is 15.8 Å². The summed E-state index contributed by atoms with van der Waals surface area (Å²) in [7, 11) is 0. The Morgan fingerprint density at radius 2 is 0.940 bits per heavy atom. The average Bonchev–Trinajstić information content (AvgIpc) is 3.69. The second-order valence-electron chi connectivity index (χ2n) is 12.3. The number of nitrogens with zero attached hydrogens (tertiary/aromatic N) is 5. The Labute approximate surface area is 287 Å². The number of rotatable bonds is 4. The van der Waals surface area contributed by atoms with Gasteiger partial charge in [-0.15, -0.1) is 0 Å². The van der Waals surface area contributed by atoms with Gasteiger partial charge >= 0.3 is 0 Å². The van der Waals surface area contributed by atoms with Crippen molar-refractivity contribution in [3.63, 3.8) is 0 Å². The first-order chi connectivity index (χ1) is 24.7. The van der Waals surface area contributed by atoms with Crippen LogP contribution in [0.5, 0.6) is 0 Å². The molecule has 50 heavy (non-hydrogen) atoms. The Morgan fingerprint density at radius 3 is 1.68 bits per heavy atom. The molecule has 5 nitrogen and oxygen atoms in total. The maximum absolute atomic E-state index is 9.72. The smallest absolute Gasteiger partial charge is 0.0992 e. The fraction of sp³-hybridized carbons (Fsp3) is 0. The van der Waals surface area contributed by atoms with Crippen molar-refractivity contribution in [2.45, 2.75) is 0 Å². The third-order valence-corrected chi connectivity index (χ3v) is 9.60. The highest BCUT2D eigenvalue weighted by atomic mass is 15.0. The molecule has 2 aromatic heterocycles. The van der Waals surface area contributed by atoms with Gasteiger partial charge in [0, 0.05) is 32.8 Å². The number of benzene rings is 7. The second kappa shape index (κ2) is 11.4. The Morgan fingerprint density at radius 1 is 0.360 bits per heavy atom. The summed E-state index contributed by atoms with van der Waals surface area (Å²) >= 11 is 0. The van der Waals surface area contributed by atoms with Crippen molar-refractivity contribution in [3.05, 3.63) is 168 Å². The van der Waals surface area contributed by atoms with Crippen LogP contribution in [0.15, 0.2) is 152 Å². The van der Waals surface area contributed by atoms with Gasteiger partial charge < -0.3 is 9.13 Å². The van der Waals surface area contributed by atoms with Gasteiger partial charge in [-0.1, -0.05) is 78.9 Å². The summed E-state index contributed by atoms with van der Waals surface area (Å²) in [5.74, 6) is 0. The van der Waals surface area contributed by atoms with Gasteiger partial charge in [-0.05, 0) is 89.5 Å². The molecule has 0 saturated carbocycles. The zero-order valence-electron chi connectivity index (χ0n) is 26.7. The van der Waals surface area contributed by atoms with Gasteiger partial charge in [0.15, 0.2) is 0 Å². The molecule has 0 amide bonds. The summed E-state index contributed by atoms with van der Waals surface area (Å²) in [6.07, 6.45) is 0. The minimum atomic E-state index is 0.582. The van der Waals surface area contributed by atoms with E-state index in [-0.39, 0.29) is 0 Å². The van der Waals surface area contributed by atoms with Crippen molar-refractivity contribution in [3.8, 4) is 51.8 Å². The minimum Gasteiger partial charge on any atom is -0.309 e. The molecule has 0 fully saturated rings. The lowest BCUT2D eigenvalue weighted by molar-refractivity contribution is 1.18. The molecule has 0 aliphatic heterocycles. The molecule has 5 heteroatoms. The fourth-order valence-electron chi connectivity index (χ4n) is 7.42. The first-order valence-corrected chi connectivity index (χ1v) is 16.3. The van der Waals surface area contributed by atoms with Crippen molar-refractivity contribution < 1.29 is 0 Å². The molecule has 0 saturated heterocycles.